The lowest BCUT2D eigenvalue weighted by atomic mass is 9.85. The van der Waals surface area contributed by atoms with Gasteiger partial charge < -0.3 is 0 Å². The minimum Gasteiger partial charge on any atom is -0.295 e. The SMILES string of the molecule is C=C1CC(c2ccc(C(C)(C)C)cc2)CC1=O. The van der Waals surface area contributed by atoms with Crippen LogP contribution >= 0.6 is 0 Å². The first-order valence-corrected chi connectivity index (χ1v) is 6.19. The maximum Gasteiger partial charge on any atom is 0.158 e. The van der Waals surface area contributed by atoms with Crippen LogP contribution in [0.1, 0.15) is 50.7 Å². The molecule has 1 aromatic rings. The van der Waals surface area contributed by atoms with Gasteiger partial charge in [0.15, 0.2) is 5.78 Å². The Morgan fingerprint density at radius 3 is 2.12 bits per heavy atom. The fraction of sp³-hybridized carbons (Fsp3) is 0.438. The van der Waals surface area contributed by atoms with Gasteiger partial charge in [-0.2, -0.15) is 0 Å². The molecule has 90 valence electrons. The molecule has 0 N–H and O–H groups in total. The molecule has 1 aliphatic rings. The van der Waals surface area contributed by atoms with E-state index in [0.717, 1.165) is 12.0 Å². The van der Waals surface area contributed by atoms with Gasteiger partial charge in [0, 0.05) is 6.42 Å². The van der Waals surface area contributed by atoms with Crippen LogP contribution < -0.4 is 0 Å². The minimum atomic E-state index is 0.188. The Balaban J connectivity index is 2.19. The average molecular weight is 228 g/mol. The summed E-state index contributed by atoms with van der Waals surface area (Å²) >= 11 is 0. The predicted molar refractivity (Wildman–Crippen MR) is 71.3 cm³/mol. The highest BCUT2D eigenvalue weighted by atomic mass is 16.1. The maximum atomic E-state index is 11.5. The largest absolute Gasteiger partial charge is 0.295 e. The number of carbonyl (C=O) groups excluding carboxylic acids is 1. The molecule has 0 bridgehead atoms. The number of carbonyl (C=O) groups is 1. The molecule has 0 radical (unpaired) electrons. The first kappa shape index (κ1) is 12.1. The third-order valence-electron chi connectivity index (χ3n) is 3.57. The van der Waals surface area contributed by atoms with Crippen LogP contribution in [0.25, 0.3) is 0 Å². The van der Waals surface area contributed by atoms with Gasteiger partial charge in [-0.05, 0) is 34.5 Å². The van der Waals surface area contributed by atoms with Gasteiger partial charge in [0.25, 0.3) is 0 Å². The molecule has 1 fully saturated rings. The van der Waals surface area contributed by atoms with Crippen LogP contribution in [0.15, 0.2) is 36.4 Å². The van der Waals surface area contributed by atoms with Crippen LogP contribution in [-0.4, -0.2) is 5.78 Å². The zero-order valence-corrected chi connectivity index (χ0v) is 10.9. The summed E-state index contributed by atoms with van der Waals surface area (Å²) in [6, 6.07) is 8.69. The Morgan fingerprint density at radius 1 is 1.12 bits per heavy atom. The van der Waals surface area contributed by atoms with Crippen molar-refractivity contribution in [2.24, 2.45) is 0 Å². The van der Waals surface area contributed by atoms with E-state index in [4.69, 9.17) is 0 Å². The summed E-state index contributed by atoms with van der Waals surface area (Å²) < 4.78 is 0. The Bertz CT molecular complexity index is 429. The Morgan fingerprint density at radius 2 is 1.71 bits per heavy atom. The fourth-order valence-electron chi connectivity index (χ4n) is 2.34. The molecule has 0 saturated heterocycles. The fourth-order valence-corrected chi connectivity index (χ4v) is 2.34. The molecule has 0 heterocycles. The van der Waals surface area contributed by atoms with Gasteiger partial charge in [-0.1, -0.05) is 51.6 Å². The van der Waals surface area contributed by atoms with E-state index in [1.54, 1.807) is 0 Å². The molecular weight excluding hydrogens is 208 g/mol. The molecular formula is C16H20O. The third kappa shape index (κ3) is 2.49. The molecule has 0 aliphatic heterocycles. The van der Waals surface area contributed by atoms with Crippen molar-refractivity contribution < 1.29 is 4.79 Å². The van der Waals surface area contributed by atoms with Crippen molar-refractivity contribution in [1.29, 1.82) is 0 Å². The number of hydrogen-bond acceptors (Lipinski definition) is 1. The molecule has 1 heteroatoms. The van der Waals surface area contributed by atoms with E-state index in [-0.39, 0.29) is 11.2 Å². The van der Waals surface area contributed by atoms with Crippen molar-refractivity contribution in [2.75, 3.05) is 0 Å². The second-order valence-corrected chi connectivity index (χ2v) is 6.00. The Kier molecular flexibility index (Phi) is 2.94. The summed E-state index contributed by atoms with van der Waals surface area (Å²) in [5.74, 6) is 0.582. The highest BCUT2D eigenvalue weighted by molar-refractivity contribution is 5.97. The van der Waals surface area contributed by atoms with Crippen LogP contribution in [0.5, 0.6) is 0 Å². The monoisotopic (exact) mass is 228 g/mol. The zero-order valence-electron chi connectivity index (χ0n) is 10.9. The van der Waals surface area contributed by atoms with Gasteiger partial charge in [-0.3, -0.25) is 4.79 Å². The van der Waals surface area contributed by atoms with Crippen molar-refractivity contribution in [3.63, 3.8) is 0 Å². The summed E-state index contributed by atoms with van der Waals surface area (Å²) in [5.41, 5.74) is 3.58. The van der Waals surface area contributed by atoms with Crippen LogP contribution in [0, 0.1) is 0 Å². The number of allylic oxidation sites excluding steroid dienone is 1. The number of rotatable bonds is 1. The molecule has 1 nitrogen and oxygen atoms in total. The number of Topliss-reactive ketones (excluding diaryl/α,β-unsaturated/α-hetero) is 1. The van der Waals surface area contributed by atoms with Gasteiger partial charge in [0.05, 0.1) is 0 Å². The first-order chi connectivity index (χ1) is 7.88. The normalized spacial score (nSPS) is 21.0. The molecule has 1 atom stereocenters. The molecule has 1 saturated carbocycles. The van der Waals surface area contributed by atoms with E-state index in [0.29, 0.717) is 12.3 Å². The van der Waals surface area contributed by atoms with Gasteiger partial charge >= 0.3 is 0 Å². The highest BCUT2D eigenvalue weighted by Gasteiger charge is 2.27. The summed E-state index contributed by atoms with van der Waals surface area (Å²) in [4.78, 5) is 11.5. The lowest BCUT2D eigenvalue weighted by molar-refractivity contribution is -0.114. The van der Waals surface area contributed by atoms with Gasteiger partial charge in [-0.25, -0.2) is 0 Å². The van der Waals surface area contributed by atoms with Crippen molar-refractivity contribution >= 4 is 5.78 Å². The van der Waals surface area contributed by atoms with E-state index in [2.05, 4.69) is 51.6 Å². The predicted octanol–water partition coefficient (Wildman–Crippen LogP) is 3.99. The van der Waals surface area contributed by atoms with E-state index < -0.39 is 0 Å². The zero-order chi connectivity index (χ0) is 12.6. The summed E-state index contributed by atoms with van der Waals surface area (Å²) in [7, 11) is 0. The van der Waals surface area contributed by atoms with Crippen LogP contribution in [-0.2, 0) is 10.2 Å². The first-order valence-electron chi connectivity index (χ1n) is 6.19. The van der Waals surface area contributed by atoms with Crippen LogP contribution in [0.3, 0.4) is 0 Å². The number of benzene rings is 1. The van der Waals surface area contributed by atoms with Crippen molar-refractivity contribution in [2.45, 2.75) is 44.9 Å². The van der Waals surface area contributed by atoms with E-state index in [1.807, 2.05) is 0 Å². The number of hydrogen-bond donors (Lipinski definition) is 0. The maximum absolute atomic E-state index is 11.5. The lowest BCUT2D eigenvalue weighted by Gasteiger charge is -2.20. The van der Waals surface area contributed by atoms with Crippen LogP contribution in [0.2, 0.25) is 0 Å². The summed E-state index contributed by atoms with van der Waals surface area (Å²) in [5, 5.41) is 0. The molecule has 17 heavy (non-hydrogen) atoms. The van der Waals surface area contributed by atoms with E-state index >= 15 is 0 Å². The van der Waals surface area contributed by atoms with Gasteiger partial charge in [-0.15, -0.1) is 0 Å². The number of ketones is 1. The molecule has 0 spiro atoms. The Hall–Kier alpha value is -1.37. The standard InChI is InChI=1S/C16H20O/c1-11-9-13(10-15(11)17)12-5-7-14(8-6-12)16(2,3)4/h5-8,13H,1,9-10H2,2-4H3. The molecule has 0 aromatic heterocycles. The van der Waals surface area contributed by atoms with Crippen molar-refractivity contribution in [3.8, 4) is 0 Å². The minimum absolute atomic E-state index is 0.188. The summed E-state index contributed by atoms with van der Waals surface area (Å²) in [6.45, 7) is 10.5. The highest BCUT2D eigenvalue weighted by Crippen LogP contribution is 2.35. The average Bonchev–Trinajstić information content (AvgIpc) is 2.58. The van der Waals surface area contributed by atoms with Crippen molar-refractivity contribution in [3.05, 3.63) is 47.5 Å². The third-order valence-corrected chi connectivity index (χ3v) is 3.57. The topological polar surface area (TPSA) is 17.1 Å². The van der Waals surface area contributed by atoms with E-state index in [9.17, 15) is 4.79 Å². The van der Waals surface area contributed by atoms with Gasteiger partial charge in [0.2, 0.25) is 0 Å². The van der Waals surface area contributed by atoms with E-state index in [1.165, 1.54) is 11.1 Å². The summed E-state index contributed by atoms with van der Waals surface area (Å²) in [6.07, 6.45) is 1.46. The van der Waals surface area contributed by atoms with Crippen molar-refractivity contribution in [1.82, 2.24) is 0 Å². The quantitative estimate of drug-likeness (QED) is 0.664. The lowest BCUT2D eigenvalue weighted by Crippen LogP contribution is -2.10. The molecule has 0 amide bonds. The Labute approximate surface area is 104 Å². The second-order valence-electron chi connectivity index (χ2n) is 6.00. The smallest absolute Gasteiger partial charge is 0.158 e. The molecule has 2 rings (SSSR count). The van der Waals surface area contributed by atoms with Gasteiger partial charge in [0.1, 0.15) is 0 Å². The molecule has 1 aliphatic carbocycles. The molecule has 1 unspecified atom stereocenters. The van der Waals surface area contributed by atoms with Crippen LogP contribution in [0.4, 0.5) is 0 Å². The molecule has 1 aromatic carbocycles. The second kappa shape index (κ2) is 4.14.